The number of pyridine rings is 1. The lowest BCUT2D eigenvalue weighted by Crippen LogP contribution is -2.43. The highest BCUT2D eigenvalue weighted by Gasteiger charge is 2.44. The minimum atomic E-state index is 0.163. The molecule has 0 saturated heterocycles. The van der Waals surface area contributed by atoms with Gasteiger partial charge in [-0.3, -0.25) is 0 Å². The summed E-state index contributed by atoms with van der Waals surface area (Å²) in [7, 11) is 1.82. The maximum absolute atomic E-state index is 5.85. The van der Waals surface area contributed by atoms with Crippen LogP contribution in [-0.2, 0) is 4.74 Å². The number of rotatable bonds is 2. The van der Waals surface area contributed by atoms with Gasteiger partial charge in [-0.05, 0) is 36.2 Å². The SMILES string of the molecule is COC1CC=CC2c3ccccc3N(c3ccc4ccccc4n3)C12. The van der Waals surface area contributed by atoms with Gasteiger partial charge in [-0.1, -0.05) is 48.6 Å². The zero-order valence-corrected chi connectivity index (χ0v) is 14.2. The van der Waals surface area contributed by atoms with Gasteiger partial charge in [0.2, 0.25) is 0 Å². The molecule has 5 rings (SSSR count). The van der Waals surface area contributed by atoms with E-state index in [1.165, 1.54) is 16.6 Å². The minimum absolute atomic E-state index is 0.163. The number of para-hydroxylation sites is 2. The molecule has 3 unspecified atom stereocenters. The summed E-state index contributed by atoms with van der Waals surface area (Å²) < 4.78 is 5.85. The van der Waals surface area contributed by atoms with Crippen molar-refractivity contribution in [1.29, 1.82) is 0 Å². The van der Waals surface area contributed by atoms with Crippen LogP contribution in [0.2, 0.25) is 0 Å². The Morgan fingerprint density at radius 3 is 2.76 bits per heavy atom. The van der Waals surface area contributed by atoms with E-state index in [0.29, 0.717) is 5.92 Å². The molecule has 1 aliphatic heterocycles. The highest BCUT2D eigenvalue weighted by molar-refractivity contribution is 5.82. The van der Waals surface area contributed by atoms with Crippen LogP contribution in [0.25, 0.3) is 10.9 Å². The fourth-order valence-corrected chi connectivity index (χ4v) is 4.31. The number of benzene rings is 2. The fraction of sp³-hybridized carbons (Fsp3) is 0.227. The minimum Gasteiger partial charge on any atom is -0.379 e. The van der Waals surface area contributed by atoms with Gasteiger partial charge in [-0.15, -0.1) is 0 Å². The number of aromatic nitrogens is 1. The molecule has 3 nitrogen and oxygen atoms in total. The first-order valence-electron chi connectivity index (χ1n) is 8.80. The normalized spacial score (nSPS) is 24.4. The van der Waals surface area contributed by atoms with Crippen LogP contribution < -0.4 is 4.90 Å². The molecule has 3 aromatic rings. The van der Waals surface area contributed by atoms with E-state index in [2.05, 4.69) is 71.6 Å². The predicted molar refractivity (Wildman–Crippen MR) is 101 cm³/mol. The van der Waals surface area contributed by atoms with Crippen LogP contribution in [0.15, 0.2) is 72.8 Å². The average molecular weight is 328 g/mol. The predicted octanol–water partition coefficient (Wildman–Crippen LogP) is 4.81. The third-order valence-electron chi connectivity index (χ3n) is 5.45. The summed E-state index contributed by atoms with van der Waals surface area (Å²) in [6, 6.07) is 21.5. The molecule has 0 fully saturated rings. The Balaban J connectivity index is 1.70. The molecule has 1 aromatic heterocycles. The second-order valence-corrected chi connectivity index (χ2v) is 6.75. The number of anilines is 2. The van der Waals surface area contributed by atoms with Crippen molar-refractivity contribution >= 4 is 22.4 Å². The monoisotopic (exact) mass is 328 g/mol. The number of nitrogens with zero attached hydrogens (tertiary/aromatic N) is 2. The van der Waals surface area contributed by atoms with Crippen LogP contribution >= 0.6 is 0 Å². The van der Waals surface area contributed by atoms with Gasteiger partial charge in [0.15, 0.2) is 0 Å². The lowest BCUT2D eigenvalue weighted by molar-refractivity contribution is 0.0771. The van der Waals surface area contributed by atoms with E-state index < -0.39 is 0 Å². The van der Waals surface area contributed by atoms with Gasteiger partial charge in [0.05, 0.1) is 17.7 Å². The molecule has 2 aliphatic rings. The van der Waals surface area contributed by atoms with Gasteiger partial charge in [0.1, 0.15) is 5.82 Å². The standard InChI is InChI=1S/C22H20N2O/c1-25-20-12-6-9-17-16-8-3-5-11-19(16)24(22(17)20)21-14-13-15-7-2-4-10-18(15)23-21/h2-11,13-14,17,20,22H,12H2,1H3. The van der Waals surface area contributed by atoms with Crippen LogP contribution in [0.3, 0.4) is 0 Å². The molecule has 124 valence electrons. The number of fused-ring (bicyclic) bond motifs is 4. The highest BCUT2D eigenvalue weighted by Crippen LogP contribution is 2.49. The summed E-state index contributed by atoms with van der Waals surface area (Å²) in [6.45, 7) is 0. The maximum atomic E-state index is 5.85. The number of ether oxygens (including phenoxy) is 1. The summed E-state index contributed by atoms with van der Waals surface area (Å²) in [4.78, 5) is 7.34. The molecule has 3 atom stereocenters. The van der Waals surface area contributed by atoms with E-state index in [-0.39, 0.29) is 12.1 Å². The van der Waals surface area contributed by atoms with Crippen LogP contribution in [0.1, 0.15) is 17.9 Å². The fourth-order valence-electron chi connectivity index (χ4n) is 4.31. The summed E-state index contributed by atoms with van der Waals surface area (Å²) >= 11 is 0. The zero-order valence-electron chi connectivity index (χ0n) is 14.2. The lowest BCUT2D eigenvalue weighted by Gasteiger charge is -2.36. The van der Waals surface area contributed by atoms with Crippen LogP contribution in [0.4, 0.5) is 11.5 Å². The van der Waals surface area contributed by atoms with Crippen molar-refractivity contribution in [2.75, 3.05) is 12.0 Å². The molecular formula is C22H20N2O. The summed E-state index contributed by atoms with van der Waals surface area (Å²) in [6.07, 6.45) is 5.69. The molecule has 2 aromatic carbocycles. The summed E-state index contributed by atoms with van der Waals surface area (Å²) in [5, 5.41) is 1.17. The summed E-state index contributed by atoms with van der Waals surface area (Å²) in [5.74, 6) is 1.35. The van der Waals surface area contributed by atoms with E-state index in [1.807, 2.05) is 13.2 Å². The molecule has 0 spiro atoms. The van der Waals surface area contributed by atoms with Crippen molar-refractivity contribution in [3.8, 4) is 0 Å². The molecule has 0 N–H and O–H groups in total. The second-order valence-electron chi connectivity index (χ2n) is 6.75. The first-order chi connectivity index (χ1) is 12.4. The van der Waals surface area contributed by atoms with Crippen molar-refractivity contribution < 1.29 is 4.74 Å². The van der Waals surface area contributed by atoms with E-state index in [1.54, 1.807) is 0 Å². The summed E-state index contributed by atoms with van der Waals surface area (Å²) in [5.41, 5.74) is 3.63. The van der Waals surface area contributed by atoms with Crippen molar-refractivity contribution in [2.45, 2.75) is 24.5 Å². The zero-order chi connectivity index (χ0) is 16.8. The van der Waals surface area contributed by atoms with Crippen molar-refractivity contribution in [3.05, 3.63) is 78.4 Å². The third-order valence-corrected chi connectivity index (χ3v) is 5.45. The first-order valence-corrected chi connectivity index (χ1v) is 8.80. The van der Waals surface area contributed by atoms with Crippen molar-refractivity contribution in [1.82, 2.24) is 4.98 Å². The lowest BCUT2D eigenvalue weighted by atomic mass is 9.85. The third kappa shape index (κ3) is 2.19. The van der Waals surface area contributed by atoms with Gasteiger partial charge in [-0.2, -0.15) is 0 Å². The Morgan fingerprint density at radius 1 is 1.00 bits per heavy atom. The number of methoxy groups -OCH3 is 1. The van der Waals surface area contributed by atoms with E-state index in [9.17, 15) is 0 Å². The Bertz CT molecular complexity index is 965. The smallest absolute Gasteiger partial charge is 0.134 e. The number of hydrogen-bond acceptors (Lipinski definition) is 3. The van der Waals surface area contributed by atoms with Crippen molar-refractivity contribution in [3.63, 3.8) is 0 Å². The van der Waals surface area contributed by atoms with E-state index in [4.69, 9.17) is 9.72 Å². The molecule has 0 bridgehead atoms. The van der Waals surface area contributed by atoms with Gasteiger partial charge in [0.25, 0.3) is 0 Å². The largest absolute Gasteiger partial charge is 0.379 e. The maximum Gasteiger partial charge on any atom is 0.134 e. The molecule has 2 heterocycles. The van der Waals surface area contributed by atoms with Crippen LogP contribution in [-0.4, -0.2) is 24.2 Å². The van der Waals surface area contributed by atoms with Crippen molar-refractivity contribution in [2.24, 2.45) is 0 Å². The van der Waals surface area contributed by atoms with Gasteiger partial charge >= 0.3 is 0 Å². The van der Waals surface area contributed by atoms with Gasteiger partial charge < -0.3 is 9.64 Å². The molecule has 25 heavy (non-hydrogen) atoms. The molecule has 0 amide bonds. The van der Waals surface area contributed by atoms with Crippen LogP contribution in [0.5, 0.6) is 0 Å². The average Bonchev–Trinajstić information content (AvgIpc) is 3.02. The van der Waals surface area contributed by atoms with E-state index >= 15 is 0 Å². The molecular weight excluding hydrogens is 308 g/mol. The van der Waals surface area contributed by atoms with Gasteiger partial charge in [0, 0.05) is 24.1 Å². The molecule has 0 radical (unpaired) electrons. The Hall–Kier alpha value is -2.65. The Morgan fingerprint density at radius 2 is 1.84 bits per heavy atom. The molecule has 1 aliphatic carbocycles. The highest BCUT2D eigenvalue weighted by atomic mass is 16.5. The number of hydrogen-bond donors (Lipinski definition) is 0. The Labute approximate surface area is 147 Å². The van der Waals surface area contributed by atoms with E-state index in [0.717, 1.165) is 17.8 Å². The molecule has 3 heteroatoms. The van der Waals surface area contributed by atoms with Gasteiger partial charge in [-0.25, -0.2) is 4.98 Å². The molecule has 0 saturated carbocycles. The van der Waals surface area contributed by atoms with Crippen LogP contribution in [0, 0.1) is 0 Å². The topological polar surface area (TPSA) is 25.4 Å². The Kier molecular flexibility index (Phi) is 3.35. The quantitative estimate of drug-likeness (QED) is 0.631. The second kappa shape index (κ2) is 5.71. The first kappa shape index (κ1) is 14.7.